The molecule has 0 bridgehead atoms. The number of aliphatic hydroxyl groups is 8. The van der Waals surface area contributed by atoms with Gasteiger partial charge in [0.2, 0.25) is 0 Å². The van der Waals surface area contributed by atoms with Crippen LogP contribution < -0.4 is 0 Å². The summed E-state index contributed by atoms with van der Waals surface area (Å²) in [6.45, 7) is -1.35. The van der Waals surface area contributed by atoms with Crippen molar-refractivity contribution >= 4 is 24.0 Å². The van der Waals surface area contributed by atoms with Crippen LogP contribution in [0.3, 0.4) is 0 Å². The molecule has 0 spiro atoms. The van der Waals surface area contributed by atoms with Gasteiger partial charge in [0.25, 0.3) is 0 Å². The fraction of sp³-hybridized carbons (Fsp3) is 1.00. The first-order valence-corrected chi connectivity index (χ1v) is 7.08. The standard InChI is InChI=1S/C12H22O11.HI/c13-1-3-5(15)6(16)9(19)12(22-3)23-10-4(2-14)21-11(20)8(18)7(10)17;/h3-20H,1-2H2;1H/t3-,4-,5+,6+,7-,8-,9-,10-,11?,12+;/m0./s1. The highest BCUT2D eigenvalue weighted by Gasteiger charge is 2.50. The monoisotopic (exact) mass is 470 g/mol. The molecule has 2 saturated heterocycles. The normalized spacial score (nSPS) is 49.5. The largest absolute Gasteiger partial charge is 0.394 e. The number of rotatable bonds is 4. The van der Waals surface area contributed by atoms with E-state index < -0.39 is 74.6 Å². The third kappa shape index (κ3) is 4.33. The van der Waals surface area contributed by atoms with E-state index in [2.05, 4.69) is 0 Å². The molecule has 24 heavy (non-hydrogen) atoms. The van der Waals surface area contributed by atoms with Crippen LogP contribution in [0.25, 0.3) is 0 Å². The lowest BCUT2D eigenvalue weighted by Crippen LogP contribution is -2.64. The van der Waals surface area contributed by atoms with Crippen molar-refractivity contribution in [3.05, 3.63) is 0 Å². The van der Waals surface area contributed by atoms with Gasteiger partial charge in [0, 0.05) is 0 Å². The fourth-order valence-corrected chi connectivity index (χ4v) is 2.57. The number of aliphatic hydroxyl groups excluding tert-OH is 8. The minimum absolute atomic E-state index is 0. The van der Waals surface area contributed by atoms with Crippen molar-refractivity contribution in [2.24, 2.45) is 0 Å². The van der Waals surface area contributed by atoms with Crippen LogP contribution in [0.5, 0.6) is 0 Å². The SMILES string of the molecule is I.OC[C@@H]1O[C@H](O[C@@H]2[C@@H](O)[C@H](O)C(O)O[C@H]2CO)[C@@H](O)[C@H](O)[C@@H]1O. The summed E-state index contributed by atoms with van der Waals surface area (Å²) >= 11 is 0. The quantitative estimate of drug-likeness (QED) is 0.184. The van der Waals surface area contributed by atoms with Gasteiger partial charge in [0.1, 0.15) is 48.8 Å². The Morgan fingerprint density at radius 1 is 0.667 bits per heavy atom. The lowest BCUT2D eigenvalue weighted by atomic mass is 9.97. The van der Waals surface area contributed by atoms with Crippen LogP contribution in [-0.2, 0) is 14.2 Å². The zero-order valence-electron chi connectivity index (χ0n) is 12.4. The molecule has 0 radical (unpaired) electrons. The van der Waals surface area contributed by atoms with Gasteiger partial charge in [-0.3, -0.25) is 0 Å². The Hall–Kier alpha value is 0.290. The van der Waals surface area contributed by atoms with Gasteiger partial charge < -0.3 is 55.1 Å². The van der Waals surface area contributed by atoms with E-state index in [9.17, 15) is 35.7 Å². The van der Waals surface area contributed by atoms with Gasteiger partial charge in [-0.05, 0) is 0 Å². The van der Waals surface area contributed by atoms with E-state index in [1.165, 1.54) is 0 Å². The summed E-state index contributed by atoms with van der Waals surface area (Å²) in [4.78, 5) is 0. The lowest BCUT2D eigenvalue weighted by Gasteiger charge is -2.45. The number of hydrogen-bond donors (Lipinski definition) is 8. The molecule has 2 heterocycles. The summed E-state index contributed by atoms with van der Waals surface area (Å²) in [5.41, 5.74) is 0. The first-order chi connectivity index (χ1) is 10.8. The van der Waals surface area contributed by atoms with Crippen LogP contribution in [0.15, 0.2) is 0 Å². The molecule has 2 aliphatic rings. The molecule has 0 aromatic rings. The molecule has 10 atom stereocenters. The highest BCUT2D eigenvalue weighted by atomic mass is 127. The summed E-state index contributed by atoms with van der Waals surface area (Å²) in [6.07, 6.45) is -15.6. The van der Waals surface area contributed by atoms with Crippen LogP contribution >= 0.6 is 24.0 Å². The second-order valence-electron chi connectivity index (χ2n) is 5.53. The van der Waals surface area contributed by atoms with Crippen LogP contribution in [0, 0.1) is 0 Å². The fourth-order valence-electron chi connectivity index (χ4n) is 2.57. The third-order valence-corrected chi connectivity index (χ3v) is 3.98. The number of hydrogen-bond acceptors (Lipinski definition) is 11. The van der Waals surface area contributed by atoms with Crippen molar-refractivity contribution in [1.82, 2.24) is 0 Å². The maximum atomic E-state index is 9.94. The predicted octanol–water partition coefficient (Wildman–Crippen LogP) is -4.78. The van der Waals surface area contributed by atoms with E-state index >= 15 is 0 Å². The minimum Gasteiger partial charge on any atom is -0.394 e. The Morgan fingerprint density at radius 2 is 1.25 bits per heavy atom. The topological polar surface area (TPSA) is 190 Å². The zero-order valence-corrected chi connectivity index (χ0v) is 14.7. The molecular weight excluding hydrogens is 447 g/mol. The van der Waals surface area contributed by atoms with E-state index in [1.807, 2.05) is 0 Å². The summed E-state index contributed by atoms with van der Waals surface area (Å²) in [7, 11) is 0. The van der Waals surface area contributed by atoms with E-state index in [0.717, 1.165) is 0 Å². The van der Waals surface area contributed by atoms with Gasteiger partial charge in [0.15, 0.2) is 12.6 Å². The summed E-state index contributed by atoms with van der Waals surface area (Å²) < 4.78 is 15.3. The van der Waals surface area contributed by atoms with E-state index in [1.54, 1.807) is 0 Å². The summed E-state index contributed by atoms with van der Waals surface area (Å²) in [5, 5.41) is 76.5. The van der Waals surface area contributed by atoms with Crippen LogP contribution in [0.1, 0.15) is 0 Å². The Balaban J connectivity index is 0.00000288. The van der Waals surface area contributed by atoms with Crippen molar-refractivity contribution in [3.8, 4) is 0 Å². The van der Waals surface area contributed by atoms with Crippen molar-refractivity contribution in [2.45, 2.75) is 61.4 Å². The molecule has 1 unspecified atom stereocenters. The molecule has 0 saturated carbocycles. The zero-order chi connectivity index (χ0) is 17.3. The van der Waals surface area contributed by atoms with Gasteiger partial charge in [-0.15, -0.1) is 24.0 Å². The van der Waals surface area contributed by atoms with Crippen molar-refractivity contribution in [1.29, 1.82) is 0 Å². The number of ether oxygens (including phenoxy) is 3. The van der Waals surface area contributed by atoms with Crippen molar-refractivity contribution in [2.75, 3.05) is 13.2 Å². The van der Waals surface area contributed by atoms with Gasteiger partial charge in [-0.1, -0.05) is 0 Å². The van der Waals surface area contributed by atoms with Crippen molar-refractivity contribution < 1.29 is 55.1 Å². The molecule has 2 rings (SSSR count). The highest BCUT2D eigenvalue weighted by Crippen LogP contribution is 2.28. The van der Waals surface area contributed by atoms with Gasteiger partial charge in [-0.25, -0.2) is 0 Å². The molecule has 8 N–H and O–H groups in total. The molecular formula is C12H23IO11. The first-order valence-electron chi connectivity index (χ1n) is 7.08. The van der Waals surface area contributed by atoms with Crippen LogP contribution in [0.2, 0.25) is 0 Å². The van der Waals surface area contributed by atoms with Crippen LogP contribution in [0.4, 0.5) is 0 Å². The highest BCUT2D eigenvalue weighted by molar-refractivity contribution is 14.0. The van der Waals surface area contributed by atoms with E-state index in [4.69, 9.17) is 19.3 Å². The average molecular weight is 470 g/mol. The molecule has 0 aliphatic carbocycles. The molecule has 2 aliphatic heterocycles. The summed E-state index contributed by atoms with van der Waals surface area (Å²) in [6, 6.07) is 0. The smallest absolute Gasteiger partial charge is 0.187 e. The van der Waals surface area contributed by atoms with Gasteiger partial charge in [0.05, 0.1) is 13.2 Å². The minimum atomic E-state index is -1.74. The summed E-state index contributed by atoms with van der Waals surface area (Å²) in [5.74, 6) is 0. The Labute approximate surface area is 154 Å². The van der Waals surface area contributed by atoms with Gasteiger partial charge >= 0.3 is 0 Å². The molecule has 12 heteroatoms. The Kier molecular flexibility index (Phi) is 8.65. The molecule has 0 aromatic carbocycles. The van der Waals surface area contributed by atoms with Crippen LogP contribution in [-0.4, -0.2) is 115 Å². The first kappa shape index (κ1) is 22.3. The Bertz CT molecular complexity index is 384. The average Bonchev–Trinajstić information content (AvgIpc) is 2.55. The maximum Gasteiger partial charge on any atom is 0.187 e. The second kappa shape index (κ2) is 9.29. The molecule has 144 valence electrons. The Morgan fingerprint density at radius 3 is 1.79 bits per heavy atom. The molecule has 11 nitrogen and oxygen atoms in total. The third-order valence-electron chi connectivity index (χ3n) is 3.98. The van der Waals surface area contributed by atoms with E-state index in [0.29, 0.717) is 0 Å². The number of halogens is 1. The van der Waals surface area contributed by atoms with Crippen molar-refractivity contribution in [3.63, 3.8) is 0 Å². The molecule has 2 fully saturated rings. The maximum absolute atomic E-state index is 9.94. The predicted molar refractivity (Wildman–Crippen MR) is 84.0 cm³/mol. The lowest BCUT2D eigenvalue weighted by molar-refractivity contribution is -0.355. The van der Waals surface area contributed by atoms with E-state index in [-0.39, 0.29) is 24.0 Å². The second-order valence-corrected chi connectivity index (χ2v) is 5.53. The van der Waals surface area contributed by atoms with Gasteiger partial charge in [-0.2, -0.15) is 0 Å². The molecule has 0 aromatic heterocycles. The molecule has 0 amide bonds.